The van der Waals surface area contributed by atoms with E-state index in [-0.39, 0.29) is 41.1 Å². The smallest absolute Gasteiger partial charge is 0.310 e. The molecule has 9 nitrogen and oxygen atoms in total. The molecule has 0 unspecified atom stereocenters. The molecule has 0 saturated carbocycles. The summed E-state index contributed by atoms with van der Waals surface area (Å²) >= 11 is -0.309. The number of aromatic nitrogens is 1. The normalized spacial score (nSPS) is 15.1. The number of imide groups is 1. The first-order valence-electron chi connectivity index (χ1n) is 8.14. The number of hydrogen-bond donors (Lipinski definition) is 2. The molecule has 0 atom stereocenters. The standard InChI is InChI=1S/C16H14F3N5O4S2/c17-16(18,19)29-12-3-1-11(2-4-12)24-14(25)9-23(15(24)26)8-10-5-6-21-7-13(10)22-30(20,27)28/h1-7,22H,8-9H2,(H2,20,27,28). The van der Waals surface area contributed by atoms with Crippen LogP contribution < -0.4 is 14.8 Å². The first kappa shape index (κ1) is 21.9. The molecule has 3 rings (SSSR count). The van der Waals surface area contributed by atoms with Gasteiger partial charge in [-0.2, -0.15) is 21.6 Å². The van der Waals surface area contributed by atoms with Crippen LogP contribution in [0, 0.1) is 0 Å². The number of anilines is 2. The van der Waals surface area contributed by atoms with Crippen LogP contribution in [-0.2, 0) is 21.5 Å². The fourth-order valence-corrected chi connectivity index (χ4v) is 3.77. The van der Waals surface area contributed by atoms with Crippen molar-refractivity contribution in [2.75, 3.05) is 16.2 Å². The molecule has 160 valence electrons. The van der Waals surface area contributed by atoms with Gasteiger partial charge in [0.25, 0.3) is 16.1 Å². The van der Waals surface area contributed by atoms with Crippen LogP contribution in [0.3, 0.4) is 0 Å². The fourth-order valence-electron chi connectivity index (χ4n) is 2.74. The molecule has 0 bridgehead atoms. The van der Waals surface area contributed by atoms with Gasteiger partial charge in [-0.1, -0.05) is 0 Å². The molecule has 1 aromatic heterocycles. The summed E-state index contributed by atoms with van der Waals surface area (Å²) in [5, 5.41) is 4.96. The zero-order valence-electron chi connectivity index (χ0n) is 15.0. The van der Waals surface area contributed by atoms with Gasteiger partial charge < -0.3 is 4.90 Å². The maximum absolute atomic E-state index is 12.7. The van der Waals surface area contributed by atoms with Crippen LogP contribution in [0.15, 0.2) is 47.6 Å². The van der Waals surface area contributed by atoms with Gasteiger partial charge in [-0.3, -0.25) is 14.5 Å². The molecular formula is C16H14F3N5O4S2. The van der Waals surface area contributed by atoms with Gasteiger partial charge in [0.05, 0.1) is 24.1 Å². The lowest BCUT2D eigenvalue weighted by Crippen LogP contribution is -2.33. The van der Waals surface area contributed by atoms with Crippen molar-refractivity contribution < 1.29 is 31.2 Å². The lowest BCUT2D eigenvalue weighted by molar-refractivity contribution is -0.116. The van der Waals surface area contributed by atoms with E-state index in [1.807, 2.05) is 0 Å². The first-order valence-corrected chi connectivity index (χ1v) is 10.5. The van der Waals surface area contributed by atoms with Crippen LogP contribution in [0.1, 0.15) is 5.56 Å². The van der Waals surface area contributed by atoms with Crippen molar-refractivity contribution in [2.45, 2.75) is 16.9 Å². The van der Waals surface area contributed by atoms with E-state index in [1.165, 1.54) is 30.6 Å². The summed E-state index contributed by atoms with van der Waals surface area (Å²) in [7, 11) is -4.08. The zero-order chi connectivity index (χ0) is 22.1. The summed E-state index contributed by atoms with van der Waals surface area (Å²) in [6, 6.07) is 5.56. The number of halogens is 3. The van der Waals surface area contributed by atoms with Crippen LogP contribution in [0.4, 0.5) is 29.3 Å². The highest BCUT2D eigenvalue weighted by molar-refractivity contribution is 8.00. The minimum atomic E-state index is -4.45. The molecule has 30 heavy (non-hydrogen) atoms. The van der Waals surface area contributed by atoms with Crippen molar-refractivity contribution in [3.8, 4) is 0 Å². The Morgan fingerprint density at radius 3 is 2.43 bits per heavy atom. The molecule has 2 heterocycles. The summed E-state index contributed by atoms with van der Waals surface area (Å²) < 4.78 is 62.0. The van der Waals surface area contributed by atoms with Crippen LogP contribution in [0.25, 0.3) is 0 Å². The molecule has 14 heteroatoms. The quantitative estimate of drug-likeness (QED) is 0.502. The number of hydrogen-bond acceptors (Lipinski definition) is 6. The van der Waals surface area contributed by atoms with Crippen LogP contribution in [0.5, 0.6) is 0 Å². The number of nitrogens with zero attached hydrogens (tertiary/aromatic N) is 3. The average Bonchev–Trinajstić information content (AvgIpc) is 2.89. The predicted molar refractivity (Wildman–Crippen MR) is 103 cm³/mol. The number of benzene rings is 1. The lowest BCUT2D eigenvalue weighted by atomic mass is 10.2. The van der Waals surface area contributed by atoms with E-state index < -0.39 is 27.7 Å². The van der Waals surface area contributed by atoms with Gasteiger partial charge in [0.15, 0.2) is 0 Å². The lowest BCUT2D eigenvalue weighted by Gasteiger charge is -2.19. The Hall–Kier alpha value is -2.84. The van der Waals surface area contributed by atoms with Gasteiger partial charge in [-0.05, 0) is 47.7 Å². The SMILES string of the molecule is NS(=O)(=O)Nc1cnccc1CN1CC(=O)N(c2ccc(SC(F)(F)F)cc2)C1=O. The number of rotatable bonds is 6. The highest BCUT2D eigenvalue weighted by atomic mass is 32.2. The number of nitrogens with two attached hydrogens (primary N) is 1. The van der Waals surface area contributed by atoms with Crippen molar-refractivity contribution in [1.82, 2.24) is 9.88 Å². The van der Waals surface area contributed by atoms with E-state index >= 15 is 0 Å². The number of nitrogens with one attached hydrogen (secondary N) is 1. The third kappa shape index (κ3) is 5.40. The van der Waals surface area contributed by atoms with Gasteiger partial charge in [0.1, 0.15) is 6.54 Å². The summed E-state index contributed by atoms with van der Waals surface area (Å²) in [6.45, 7) is -0.418. The zero-order valence-corrected chi connectivity index (χ0v) is 16.6. The molecule has 3 amide bonds. The van der Waals surface area contributed by atoms with E-state index in [0.717, 1.165) is 21.9 Å². The van der Waals surface area contributed by atoms with Crippen LogP contribution in [-0.4, -0.2) is 42.3 Å². The van der Waals surface area contributed by atoms with Gasteiger partial charge in [-0.15, -0.1) is 0 Å². The van der Waals surface area contributed by atoms with Gasteiger partial charge >= 0.3 is 11.5 Å². The first-order chi connectivity index (χ1) is 13.9. The molecule has 0 spiro atoms. The highest BCUT2D eigenvalue weighted by Crippen LogP contribution is 2.37. The van der Waals surface area contributed by atoms with Crippen molar-refractivity contribution in [3.63, 3.8) is 0 Å². The Morgan fingerprint density at radius 2 is 1.83 bits per heavy atom. The Labute approximate surface area is 173 Å². The number of thioether (sulfide) groups is 1. The number of urea groups is 1. The van der Waals surface area contributed by atoms with E-state index in [1.54, 1.807) is 0 Å². The largest absolute Gasteiger partial charge is 0.446 e. The number of alkyl halides is 3. The maximum atomic E-state index is 12.7. The van der Waals surface area contributed by atoms with Gasteiger partial charge in [0, 0.05) is 11.1 Å². The summed E-state index contributed by atoms with van der Waals surface area (Å²) in [6.07, 6.45) is 2.58. The molecule has 2 aromatic rings. The Morgan fingerprint density at radius 1 is 1.17 bits per heavy atom. The minimum absolute atomic E-state index is 0.0484. The Kier molecular flexibility index (Phi) is 5.92. The molecule has 1 aliphatic rings. The molecular weight excluding hydrogens is 447 g/mol. The highest BCUT2D eigenvalue weighted by Gasteiger charge is 2.37. The fraction of sp³-hybridized carbons (Fsp3) is 0.188. The van der Waals surface area contributed by atoms with E-state index in [9.17, 15) is 31.2 Å². The predicted octanol–water partition coefficient (Wildman–Crippen LogP) is 2.28. The Bertz CT molecular complexity index is 1080. The molecule has 3 N–H and O–H groups in total. The molecule has 0 aliphatic carbocycles. The topological polar surface area (TPSA) is 126 Å². The number of carbonyl (C=O) groups is 2. The number of carbonyl (C=O) groups excluding carboxylic acids is 2. The second-order valence-electron chi connectivity index (χ2n) is 6.09. The number of amides is 3. The van der Waals surface area contributed by atoms with Crippen molar-refractivity contribution >= 4 is 45.3 Å². The molecule has 1 aliphatic heterocycles. The summed E-state index contributed by atoms with van der Waals surface area (Å²) in [4.78, 5) is 30.7. The summed E-state index contributed by atoms with van der Waals surface area (Å²) in [5.41, 5.74) is -3.94. The van der Waals surface area contributed by atoms with Crippen molar-refractivity contribution in [2.24, 2.45) is 5.14 Å². The maximum Gasteiger partial charge on any atom is 0.446 e. The molecule has 1 aromatic carbocycles. The van der Waals surface area contributed by atoms with Crippen LogP contribution >= 0.6 is 11.8 Å². The second-order valence-corrected chi connectivity index (χ2v) is 8.52. The van der Waals surface area contributed by atoms with E-state index in [2.05, 4.69) is 9.71 Å². The van der Waals surface area contributed by atoms with Gasteiger partial charge in [0.2, 0.25) is 0 Å². The van der Waals surface area contributed by atoms with Gasteiger partial charge in [-0.25, -0.2) is 14.8 Å². The van der Waals surface area contributed by atoms with E-state index in [0.29, 0.717) is 5.56 Å². The van der Waals surface area contributed by atoms with Crippen LogP contribution in [0.2, 0.25) is 0 Å². The third-order valence-electron chi connectivity index (χ3n) is 3.89. The minimum Gasteiger partial charge on any atom is -0.310 e. The monoisotopic (exact) mass is 461 g/mol. The third-order valence-corrected chi connectivity index (χ3v) is 5.13. The second kappa shape index (κ2) is 8.12. The molecule has 1 fully saturated rings. The molecule has 0 radical (unpaired) electrons. The van der Waals surface area contributed by atoms with Crippen molar-refractivity contribution in [1.29, 1.82) is 0 Å². The Balaban J connectivity index is 1.78. The average molecular weight is 461 g/mol. The van der Waals surface area contributed by atoms with E-state index in [4.69, 9.17) is 5.14 Å². The molecule has 1 saturated heterocycles. The number of pyridine rings is 1. The van der Waals surface area contributed by atoms with Crippen molar-refractivity contribution in [3.05, 3.63) is 48.3 Å². The summed E-state index contributed by atoms with van der Waals surface area (Å²) in [5.74, 6) is -0.578.